The fourth-order valence-corrected chi connectivity index (χ4v) is 6.89. The van der Waals surface area contributed by atoms with Gasteiger partial charge in [-0.1, -0.05) is 34.6 Å². The minimum Gasteiger partial charge on any atom is -0.462 e. The third-order valence-electron chi connectivity index (χ3n) is 5.63. The molecule has 152 valence electrons. The maximum Gasteiger partial charge on any atom is 0.341 e. The lowest BCUT2D eigenvalue weighted by molar-refractivity contribution is 0.0521. The molecule has 0 bridgehead atoms. The Morgan fingerprint density at radius 2 is 1.89 bits per heavy atom. The summed E-state index contributed by atoms with van der Waals surface area (Å²) in [5, 5.41) is 0.126. The fraction of sp³-hybridized carbons (Fsp3) is 0.700. The average Bonchev–Trinajstić information content (AvgIpc) is 2.43. The fourth-order valence-electron chi connectivity index (χ4n) is 3.19. The van der Waals surface area contributed by atoms with Crippen molar-refractivity contribution in [3.63, 3.8) is 0 Å². The topological polar surface area (TPSA) is 48.4 Å². The monoisotopic (exact) mass is 615 g/mol. The maximum atomic E-state index is 12.5. The molecule has 0 saturated carbocycles. The third kappa shape index (κ3) is 5.06. The van der Waals surface area contributed by atoms with Crippen molar-refractivity contribution in [3.8, 4) is 0 Å². The Morgan fingerprint density at radius 3 is 2.41 bits per heavy atom. The van der Waals surface area contributed by atoms with Crippen molar-refractivity contribution in [2.24, 2.45) is 5.41 Å². The van der Waals surface area contributed by atoms with E-state index in [-0.39, 0.29) is 22.5 Å². The van der Waals surface area contributed by atoms with E-state index in [4.69, 9.17) is 14.1 Å². The van der Waals surface area contributed by atoms with Gasteiger partial charge in [-0.15, -0.1) is 0 Å². The average molecular weight is 615 g/mol. The van der Waals surface area contributed by atoms with Gasteiger partial charge in [0.2, 0.25) is 0 Å². The molecule has 7 heteroatoms. The first-order valence-corrected chi connectivity index (χ1v) is 14.5. The van der Waals surface area contributed by atoms with Crippen molar-refractivity contribution < 1.29 is 14.0 Å². The molecule has 1 heterocycles. The van der Waals surface area contributed by atoms with Gasteiger partial charge >= 0.3 is 5.97 Å². The number of hydrogen-bond donors (Lipinski definition) is 0. The van der Waals surface area contributed by atoms with E-state index >= 15 is 0 Å². The Kier molecular flexibility index (Phi) is 7.13. The highest BCUT2D eigenvalue weighted by molar-refractivity contribution is 14.1. The molecule has 1 aliphatic carbocycles. The number of carbonyl (C=O) groups excluding carboxylic acids is 1. The van der Waals surface area contributed by atoms with Crippen LogP contribution in [0.4, 0.5) is 0 Å². The number of aromatic nitrogens is 1. The van der Waals surface area contributed by atoms with Gasteiger partial charge in [0, 0.05) is 14.8 Å². The van der Waals surface area contributed by atoms with E-state index in [1.54, 1.807) is 0 Å². The van der Waals surface area contributed by atoms with Crippen molar-refractivity contribution >= 4 is 59.5 Å². The van der Waals surface area contributed by atoms with E-state index in [9.17, 15) is 4.79 Å². The lowest BCUT2D eigenvalue weighted by Gasteiger charge is -2.44. The molecule has 1 atom stereocenters. The number of carbonyl (C=O) groups is 1. The summed E-state index contributed by atoms with van der Waals surface area (Å²) in [4.78, 5) is 17.4. The second-order valence-corrected chi connectivity index (χ2v) is 16.4. The van der Waals surface area contributed by atoms with Crippen molar-refractivity contribution in [1.29, 1.82) is 0 Å². The molecule has 0 saturated heterocycles. The summed E-state index contributed by atoms with van der Waals surface area (Å²) < 4.78 is 13.8. The molecule has 4 nitrogen and oxygen atoms in total. The quantitative estimate of drug-likeness (QED) is 0.168. The number of nitrogens with zero attached hydrogens (tertiary/aromatic N) is 1. The van der Waals surface area contributed by atoms with Crippen molar-refractivity contribution in [3.05, 3.63) is 24.1 Å². The number of fused-ring (bicyclic) bond motifs is 1. The summed E-state index contributed by atoms with van der Waals surface area (Å²) in [5.74, 6) is -0.294. The van der Waals surface area contributed by atoms with Crippen molar-refractivity contribution in [1.82, 2.24) is 4.98 Å². The Hall–Kier alpha value is 0.257. The Labute approximate surface area is 192 Å². The Bertz CT molecular complexity index is 742. The van der Waals surface area contributed by atoms with Gasteiger partial charge in [-0.2, -0.15) is 0 Å². The second kappa shape index (κ2) is 8.18. The molecule has 0 radical (unpaired) electrons. The van der Waals surface area contributed by atoms with E-state index in [1.165, 1.54) is 0 Å². The molecule has 1 aromatic rings. The zero-order valence-electron chi connectivity index (χ0n) is 17.6. The number of ether oxygens (including phenoxy) is 1. The van der Waals surface area contributed by atoms with E-state index < -0.39 is 8.32 Å². The van der Waals surface area contributed by atoms with Crippen LogP contribution in [0.2, 0.25) is 18.1 Å². The lowest BCUT2D eigenvalue weighted by atomic mass is 9.74. The number of esters is 1. The summed E-state index contributed by atoms with van der Waals surface area (Å²) in [6.45, 7) is 18.1. The first kappa shape index (κ1) is 23.5. The molecule has 1 aromatic heterocycles. The van der Waals surface area contributed by atoms with Crippen LogP contribution < -0.4 is 0 Å². The second-order valence-electron chi connectivity index (χ2n) is 9.58. The predicted molar refractivity (Wildman–Crippen MR) is 129 cm³/mol. The van der Waals surface area contributed by atoms with Crippen LogP contribution in [0.25, 0.3) is 0 Å². The van der Waals surface area contributed by atoms with Gasteiger partial charge in [0.05, 0.1) is 12.7 Å². The molecule has 27 heavy (non-hydrogen) atoms. The first-order valence-electron chi connectivity index (χ1n) is 9.43. The molecule has 2 rings (SSSR count). The molecule has 0 N–H and O–H groups in total. The summed E-state index contributed by atoms with van der Waals surface area (Å²) >= 11 is 4.45. The molecule has 0 aromatic carbocycles. The van der Waals surface area contributed by atoms with E-state index in [2.05, 4.69) is 92.9 Å². The first-order chi connectivity index (χ1) is 12.2. The van der Waals surface area contributed by atoms with Gasteiger partial charge in [0.1, 0.15) is 9.26 Å². The van der Waals surface area contributed by atoms with Crippen LogP contribution in [0.1, 0.15) is 75.7 Å². The van der Waals surface area contributed by atoms with Crippen LogP contribution in [0, 0.1) is 12.7 Å². The Balaban J connectivity index is 2.60. The number of rotatable bonds is 4. The van der Waals surface area contributed by atoms with E-state index in [0.717, 1.165) is 31.4 Å². The zero-order chi connectivity index (χ0) is 20.8. The predicted octanol–water partition coefficient (Wildman–Crippen LogP) is 6.50. The van der Waals surface area contributed by atoms with Crippen LogP contribution >= 0.6 is 45.2 Å². The lowest BCUT2D eigenvalue weighted by Crippen LogP contribution is -2.44. The Morgan fingerprint density at radius 1 is 1.30 bits per heavy atom. The molecule has 0 fully saturated rings. The highest BCUT2D eigenvalue weighted by Crippen LogP contribution is 2.48. The SMILES string of the molecule is CCOC(=O)c1c(I)nc2c(c1I)[C@@H](O[Si](C)(C)C(C)(C)C)CC(C)(C)C2. The third-order valence-corrected chi connectivity index (χ3v) is 12.0. The van der Waals surface area contributed by atoms with Crippen LogP contribution in [0.15, 0.2) is 0 Å². The van der Waals surface area contributed by atoms with Crippen LogP contribution in [-0.4, -0.2) is 25.9 Å². The van der Waals surface area contributed by atoms with E-state index in [1.807, 2.05) is 6.92 Å². The highest BCUT2D eigenvalue weighted by atomic mass is 127. The van der Waals surface area contributed by atoms with Gasteiger partial charge < -0.3 is 9.16 Å². The zero-order valence-corrected chi connectivity index (χ0v) is 22.9. The largest absolute Gasteiger partial charge is 0.462 e. The van der Waals surface area contributed by atoms with E-state index in [0.29, 0.717) is 12.2 Å². The smallest absolute Gasteiger partial charge is 0.341 e. The van der Waals surface area contributed by atoms with Gasteiger partial charge in [-0.05, 0) is 88.5 Å². The summed E-state index contributed by atoms with van der Waals surface area (Å²) in [5.41, 5.74) is 2.87. The van der Waals surface area contributed by atoms with Crippen molar-refractivity contribution in [2.75, 3.05) is 6.61 Å². The molecular weight excluding hydrogens is 584 g/mol. The highest BCUT2D eigenvalue weighted by Gasteiger charge is 2.44. The minimum absolute atomic E-state index is 0.0331. The number of hydrogen-bond acceptors (Lipinski definition) is 4. The molecule has 0 aliphatic heterocycles. The van der Waals surface area contributed by atoms with Gasteiger partial charge in [-0.3, -0.25) is 0 Å². The molecule has 0 amide bonds. The summed E-state index contributed by atoms with van der Waals surface area (Å²) in [7, 11) is -1.97. The minimum atomic E-state index is -1.97. The maximum absolute atomic E-state index is 12.5. The van der Waals surface area contributed by atoms with Gasteiger partial charge in [-0.25, -0.2) is 9.78 Å². The summed E-state index contributed by atoms with van der Waals surface area (Å²) in [6.07, 6.45) is 1.80. The summed E-state index contributed by atoms with van der Waals surface area (Å²) in [6, 6.07) is 0. The van der Waals surface area contributed by atoms with Crippen LogP contribution in [0.3, 0.4) is 0 Å². The number of pyridine rings is 1. The number of halogens is 2. The molecule has 0 unspecified atom stereocenters. The van der Waals surface area contributed by atoms with Crippen LogP contribution in [-0.2, 0) is 15.6 Å². The molecular formula is C20H31I2NO3Si. The van der Waals surface area contributed by atoms with Crippen LogP contribution in [0.5, 0.6) is 0 Å². The molecule has 1 aliphatic rings. The standard InChI is InChI=1S/C20H31I2NO3Si/c1-9-25-18(24)15-16(21)14-12(23-17(15)22)10-20(5,6)11-13(14)26-27(7,8)19(2,3)4/h13H,9-11H2,1-8H3/t13-/m0/s1. The normalized spacial score (nSPS) is 19.6. The molecule has 0 spiro atoms. The van der Waals surface area contributed by atoms with Gasteiger partial charge in [0.25, 0.3) is 0 Å². The van der Waals surface area contributed by atoms with Crippen molar-refractivity contribution in [2.45, 2.75) is 78.6 Å². The van der Waals surface area contributed by atoms with Gasteiger partial charge in [0.15, 0.2) is 8.32 Å².